The molecule has 0 aliphatic carbocycles. The molecule has 4 heteroatoms. The highest BCUT2D eigenvalue weighted by Crippen LogP contribution is 2.25. The van der Waals surface area contributed by atoms with Gasteiger partial charge < -0.3 is 0 Å². The van der Waals surface area contributed by atoms with Gasteiger partial charge in [-0.2, -0.15) is 5.10 Å². The average molecular weight is 343 g/mol. The van der Waals surface area contributed by atoms with Crippen LogP contribution in [0.15, 0.2) is 54.2 Å². The molecule has 2 aromatic carbocycles. The van der Waals surface area contributed by atoms with Gasteiger partial charge in [-0.25, -0.2) is 4.98 Å². The van der Waals surface area contributed by atoms with Crippen LogP contribution in [0.4, 0.5) is 0 Å². The van der Waals surface area contributed by atoms with Crippen molar-refractivity contribution in [3.8, 4) is 22.4 Å². The number of nitrogens with zero attached hydrogens (tertiary/aromatic N) is 3. The van der Waals surface area contributed by atoms with Crippen LogP contribution in [0.3, 0.4) is 0 Å². The van der Waals surface area contributed by atoms with Gasteiger partial charge in [0, 0.05) is 28.1 Å². The van der Waals surface area contributed by atoms with Gasteiger partial charge in [-0.15, -0.1) is 17.3 Å². The molecule has 0 aliphatic heterocycles. The van der Waals surface area contributed by atoms with Crippen molar-refractivity contribution in [3.63, 3.8) is 0 Å². The van der Waals surface area contributed by atoms with E-state index < -0.39 is 0 Å². The van der Waals surface area contributed by atoms with Crippen molar-refractivity contribution in [1.29, 1.82) is 0 Å². The SMILES string of the molecule is CC#Cc1ccc(C)c2c1cnn2Cc1ccc(-c2nccs2)cc1. The van der Waals surface area contributed by atoms with Crippen molar-refractivity contribution in [3.05, 3.63) is 70.9 Å². The first-order chi connectivity index (χ1) is 12.3. The number of aryl methyl sites for hydroxylation is 1. The maximum atomic E-state index is 4.61. The first-order valence-electron chi connectivity index (χ1n) is 8.13. The molecule has 4 aromatic rings. The molecule has 0 fully saturated rings. The fourth-order valence-corrected chi connectivity index (χ4v) is 3.68. The summed E-state index contributed by atoms with van der Waals surface area (Å²) in [6.45, 7) is 4.72. The minimum Gasteiger partial charge on any atom is -0.260 e. The zero-order chi connectivity index (χ0) is 17.2. The van der Waals surface area contributed by atoms with Crippen LogP contribution in [-0.4, -0.2) is 14.8 Å². The fraction of sp³-hybridized carbons (Fsp3) is 0.143. The van der Waals surface area contributed by atoms with Gasteiger partial charge in [0.1, 0.15) is 5.01 Å². The highest BCUT2D eigenvalue weighted by molar-refractivity contribution is 7.13. The second-order valence-electron chi connectivity index (χ2n) is 5.90. The standard InChI is InChI=1S/C21H17N3S/c1-3-4-17-8-5-15(2)20-19(17)13-23-24(20)14-16-6-9-18(10-7-16)21-22-11-12-25-21/h5-13H,14H2,1-2H3. The van der Waals surface area contributed by atoms with E-state index in [0.717, 1.165) is 33.6 Å². The topological polar surface area (TPSA) is 30.7 Å². The van der Waals surface area contributed by atoms with Crippen molar-refractivity contribution in [2.24, 2.45) is 0 Å². The van der Waals surface area contributed by atoms with Crippen LogP contribution in [0.1, 0.15) is 23.6 Å². The molecular weight excluding hydrogens is 326 g/mol. The third-order valence-electron chi connectivity index (χ3n) is 4.23. The first kappa shape index (κ1) is 15.6. The van der Waals surface area contributed by atoms with E-state index in [0.29, 0.717) is 0 Å². The zero-order valence-electron chi connectivity index (χ0n) is 14.2. The summed E-state index contributed by atoms with van der Waals surface area (Å²) in [7, 11) is 0. The van der Waals surface area contributed by atoms with Crippen LogP contribution in [0.2, 0.25) is 0 Å². The number of aromatic nitrogens is 3. The molecule has 0 amide bonds. The Hall–Kier alpha value is -2.90. The summed E-state index contributed by atoms with van der Waals surface area (Å²) in [6.07, 6.45) is 3.76. The van der Waals surface area contributed by atoms with E-state index in [4.69, 9.17) is 0 Å². The van der Waals surface area contributed by atoms with Gasteiger partial charge in [0.2, 0.25) is 0 Å². The maximum absolute atomic E-state index is 4.61. The Morgan fingerprint density at radius 3 is 2.68 bits per heavy atom. The predicted octanol–water partition coefficient (Wildman–Crippen LogP) is 4.89. The highest BCUT2D eigenvalue weighted by atomic mass is 32.1. The van der Waals surface area contributed by atoms with E-state index in [1.54, 1.807) is 11.3 Å². The zero-order valence-corrected chi connectivity index (χ0v) is 15.0. The summed E-state index contributed by atoms with van der Waals surface area (Å²) < 4.78 is 2.06. The molecule has 0 bridgehead atoms. The summed E-state index contributed by atoms with van der Waals surface area (Å²) in [4.78, 5) is 4.36. The number of hydrogen-bond donors (Lipinski definition) is 0. The smallest absolute Gasteiger partial charge is 0.123 e. The summed E-state index contributed by atoms with van der Waals surface area (Å²) >= 11 is 1.66. The molecule has 2 heterocycles. The molecule has 0 atom stereocenters. The lowest BCUT2D eigenvalue weighted by atomic mass is 10.1. The Morgan fingerprint density at radius 2 is 1.96 bits per heavy atom. The number of rotatable bonds is 3. The van der Waals surface area contributed by atoms with Crippen molar-refractivity contribution in [2.75, 3.05) is 0 Å². The molecule has 0 spiro atoms. The van der Waals surface area contributed by atoms with Gasteiger partial charge in [0.15, 0.2) is 0 Å². The lowest BCUT2D eigenvalue weighted by Gasteiger charge is -2.07. The van der Waals surface area contributed by atoms with Gasteiger partial charge in [-0.05, 0) is 31.0 Å². The fourth-order valence-electron chi connectivity index (χ4n) is 3.03. The van der Waals surface area contributed by atoms with E-state index in [9.17, 15) is 0 Å². The van der Waals surface area contributed by atoms with Gasteiger partial charge in [0.25, 0.3) is 0 Å². The minimum absolute atomic E-state index is 0.742. The third kappa shape index (κ3) is 2.95. The molecular formula is C21H17N3S. The van der Waals surface area contributed by atoms with Gasteiger partial charge in [-0.3, -0.25) is 4.68 Å². The van der Waals surface area contributed by atoms with E-state index in [-0.39, 0.29) is 0 Å². The van der Waals surface area contributed by atoms with E-state index in [1.807, 2.05) is 24.7 Å². The summed E-state index contributed by atoms with van der Waals surface area (Å²) in [5, 5.41) is 8.77. The Labute approximate surface area is 151 Å². The third-order valence-corrected chi connectivity index (χ3v) is 5.05. The second kappa shape index (κ2) is 6.54. The molecule has 122 valence electrons. The van der Waals surface area contributed by atoms with Crippen LogP contribution in [-0.2, 0) is 6.54 Å². The van der Waals surface area contributed by atoms with E-state index in [1.165, 1.54) is 11.1 Å². The first-order valence-corrected chi connectivity index (χ1v) is 9.01. The Bertz CT molecular complexity index is 1080. The van der Waals surface area contributed by atoms with Crippen molar-refractivity contribution < 1.29 is 0 Å². The van der Waals surface area contributed by atoms with E-state index in [2.05, 4.69) is 69.9 Å². The molecule has 0 radical (unpaired) electrons. The molecule has 0 aliphatic rings. The van der Waals surface area contributed by atoms with Crippen molar-refractivity contribution >= 4 is 22.2 Å². The monoisotopic (exact) mass is 343 g/mol. The van der Waals surface area contributed by atoms with E-state index >= 15 is 0 Å². The largest absolute Gasteiger partial charge is 0.260 e. The minimum atomic E-state index is 0.742. The average Bonchev–Trinajstić information content (AvgIpc) is 3.29. The van der Waals surface area contributed by atoms with Gasteiger partial charge in [0.05, 0.1) is 18.3 Å². The quantitative estimate of drug-likeness (QED) is 0.496. The number of hydrogen-bond acceptors (Lipinski definition) is 3. The maximum Gasteiger partial charge on any atom is 0.123 e. The molecule has 3 nitrogen and oxygen atoms in total. The number of fused-ring (bicyclic) bond motifs is 1. The molecule has 2 aromatic heterocycles. The molecule has 0 saturated heterocycles. The van der Waals surface area contributed by atoms with Crippen molar-refractivity contribution in [1.82, 2.24) is 14.8 Å². The Balaban J connectivity index is 1.69. The molecule has 0 saturated carbocycles. The second-order valence-corrected chi connectivity index (χ2v) is 6.80. The Kier molecular flexibility index (Phi) is 4.09. The van der Waals surface area contributed by atoms with Crippen LogP contribution in [0.5, 0.6) is 0 Å². The summed E-state index contributed by atoms with van der Waals surface area (Å²) in [6, 6.07) is 12.7. The van der Waals surface area contributed by atoms with Crippen LogP contribution in [0, 0.1) is 18.8 Å². The summed E-state index contributed by atoms with van der Waals surface area (Å²) in [5.41, 5.74) is 5.78. The summed E-state index contributed by atoms with van der Waals surface area (Å²) in [5.74, 6) is 6.15. The van der Waals surface area contributed by atoms with Gasteiger partial charge in [-0.1, -0.05) is 36.3 Å². The van der Waals surface area contributed by atoms with Crippen LogP contribution < -0.4 is 0 Å². The van der Waals surface area contributed by atoms with Crippen molar-refractivity contribution in [2.45, 2.75) is 20.4 Å². The lowest BCUT2D eigenvalue weighted by Crippen LogP contribution is -2.02. The van der Waals surface area contributed by atoms with Crippen LogP contribution >= 0.6 is 11.3 Å². The Morgan fingerprint density at radius 1 is 1.12 bits per heavy atom. The van der Waals surface area contributed by atoms with Gasteiger partial charge >= 0.3 is 0 Å². The number of thiazole rings is 1. The highest BCUT2D eigenvalue weighted by Gasteiger charge is 2.10. The lowest BCUT2D eigenvalue weighted by molar-refractivity contribution is 0.710. The normalized spacial score (nSPS) is 10.6. The van der Waals surface area contributed by atoms with Crippen LogP contribution in [0.25, 0.3) is 21.5 Å². The molecule has 0 unspecified atom stereocenters. The molecule has 4 rings (SSSR count). The number of benzene rings is 2. The molecule has 25 heavy (non-hydrogen) atoms. The molecule has 0 N–H and O–H groups in total. The predicted molar refractivity (Wildman–Crippen MR) is 104 cm³/mol.